The molecule has 6 rings (SSSR count). The molecule has 2 N–H and O–H groups in total. The zero-order valence-corrected chi connectivity index (χ0v) is 43.0. The van der Waals surface area contributed by atoms with E-state index in [1.807, 2.05) is 60.7 Å². The molecule has 0 saturated carbocycles. The lowest BCUT2D eigenvalue weighted by atomic mass is 9.90. The molecule has 0 spiro atoms. The largest absolute Gasteiger partial charge is 0.494 e. The molecule has 0 heterocycles. The van der Waals surface area contributed by atoms with Gasteiger partial charge in [-0.3, -0.25) is 0 Å². The second-order valence-electron chi connectivity index (χ2n) is 19.0. The maximum absolute atomic E-state index is 15.1. The lowest BCUT2D eigenvalue weighted by molar-refractivity contribution is 0.0687. The molecule has 0 aliphatic rings. The molecule has 0 aliphatic heterocycles. The van der Waals surface area contributed by atoms with Gasteiger partial charge in [-0.15, -0.1) is 0 Å². The number of aryl methyl sites for hydroxylation is 3. The van der Waals surface area contributed by atoms with E-state index in [0.717, 1.165) is 92.2 Å². The van der Waals surface area contributed by atoms with E-state index in [2.05, 4.69) is 39.8 Å². The summed E-state index contributed by atoms with van der Waals surface area (Å²) in [5, 5.41) is 20.2. The van der Waals surface area contributed by atoms with E-state index in [4.69, 9.17) is 4.74 Å². The van der Waals surface area contributed by atoms with E-state index in [9.17, 15) is 19.8 Å². The minimum Gasteiger partial charge on any atom is -0.494 e. The van der Waals surface area contributed by atoms with Crippen molar-refractivity contribution in [3.05, 3.63) is 161 Å². The van der Waals surface area contributed by atoms with Gasteiger partial charge in [0, 0.05) is 11.1 Å². The molecule has 6 aromatic rings. The predicted octanol–water partition coefficient (Wildman–Crippen LogP) is 18.8. The molecule has 0 radical (unpaired) electrons. The van der Waals surface area contributed by atoms with Crippen molar-refractivity contribution in [3.8, 4) is 50.3 Å². The Morgan fingerprint density at radius 2 is 0.746 bits per heavy atom. The van der Waals surface area contributed by atoms with Crippen LogP contribution in [0.1, 0.15) is 181 Å². The molecular weight excluding hydrogens is 887 g/mol. The number of unbranched alkanes of at least 4 members (excludes halogenated alkanes) is 14. The SMILES string of the molecule is CCCCCCCCOc1ccc(-c2cccc(-c3ccc(CCCCC)cc3F)c2C(=O)O)cc1.CCCCCCCCc1ccc(-c2cccc(-c3ccc(CCCCC)cc3F)c2C(=O)O)cc1. The van der Waals surface area contributed by atoms with Gasteiger partial charge in [0.2, 0.25) is 0 Å². The average Bonchev–Trinajstić information content (AvgIpc) is 3.37. The van der Waals surface area contributed by atoms with Gasteiger partial charge in [0.05, 0.1) is 17.7 Å². The van der Waals surface area contributed by atoms with Crippen molar-refractivity contribution in [1.29, 1.82) is 0 Å². The maximum Gasteiger partial charge on any atom is 0.336 e. The Kier molecular flexibility index (Phi) is 24.1. The molecule has 6 aromatic carbocycles. The topological polar surface area (TPSA) is 83.8 Å². The Hall–Kier alpha value is -6.08. The van der Waals surface area contributed by atoms with Gasteiger partial charge >= 0.3 is 11.9 Å². The molecule has 0 aliphatic carbocycles. The summed E-state index contributed by atoms with van der Waals surface area (Å²) < 4.78 is 36.1. The molecule has 0 saturated heterocycles. The Bertz CT molecular complexity index is 2550. The zero-order valence-electron chi connectivity index (χ0n) is 43.0. The van der Waals surface area contributed by atoms with Gasteiger partial charge in [-0.05, 0) is 119 Å². The number of hydrogen-bond donors (Lipinski definition) is 2. The van der Waals surface area contributed by atoms with Gasteiger partial charge < -0.3 is 14.9 Å². The summed E-state index contributed by atoms with van der Waals surface area (Å²) in [6.45, 7) is 9.41. The van der Waals surface area contributed by atoms with Crippen molar-refractivity contribution in [3.63, 3.8) is 0 Å². The van der Waals surface area contributed by atoms with Crippen LogP contribution in [0.4, 0.5) is 8.78 Å². The summed E-state index contributed by atoms with van der Waals surface area (Å²) in [4.78, 5) is 24.7. The summed E-state index contributed by atoms with van der Waals surface area (Å²) in [5.41, 5.74) is 7.65. The third-order valence-corrected chi connectivity index (χ3v) is 13.4. The molecule has 0 bridgehead atoms. The van der Waals surface area contributed by atoms with Crippen molar-refractivity contribution in [2.24, 2.45) is 0 Å². The van der Waals surface area contributed by atoms with Crippen LogP contribution in [-0.4, -0.2) is 28.8 Å². The summed E-state index contributed by atoms with van der Waals surface area (Å²) in [7, 11) is 0. The number of carboxylic acids is 2. The van der Waals surface area contributed by atoms with Gasteiger partial charge in [0.15, 0.2) is 0 Å². The van der Waals surface area contributed by atoms with E-state index >= 15 is 8.78 Å². The van der Waals surface area contributed by atoms with Crippen LogP contribution in [0.25, 0.3) is 44.5 Å². The number of benzene rings is 6. The number of hydrogen-bond acceptors (Lipinski definition) is 3. The third kappa shape index (κ3) is 17.3. The number of carboxylic acid groups (broad SMARTS) is 2. The summed E-state index contributed by atoms with van der Waals surface area (Å²) >= 11 is 0. The Labute approximate surface area is 423 Å². The highest BCUT2D eigenvalue weighted by molar-refractivity contribution is 6.04. The highest BCUT2D eigenvalue weighted by Crippen LogP contribution is 2.37. The van der Waals surface area contributed by atoms with Crippen LogP contribution in [0.15, 0.2) is 121 Å². The van der Waals surface area contributed by atoms with Crippen molar-refractivity contribution in [2.45, 2.75) is 163 Å². The Morgan fingerprint density at radius 3 is 1.18 bits per heavy atom. The summed E-state index contributed by atoms with van der Waals surface area (Å²) in [6, 6.07) is 36.6. The molecular formula is C64H78F2O5. The normalized spacial score (nSPS) is 11.0. The van der Waals surface area contributed by atoms with E-state index in [1.54, 1.807) is 48.5 Å². The quantitative estimate of drug-likeness (QED) is 0.0458. The van der Waals surface area contributed by atoms with Crippen LogP contribution in [0.3, 0.4) is 0 Å². The zero-order chi connectivity index (χ0) is 50.8. The first-order valence-corrected chi connectivity index (χ1v) is 26.7. The van der Waals surface area contributed by atoms with Crippen LogP contribution < -0.4 is 4.74 Å². The van der Waals surface area contributed by atoms with Gasteiger partial charge in [0.25, 0.3) is 0 Å². The summed E-state index contributed by atoms with van der Waals surface area (Å²) in [5.74, 6) is -2.10. The highest BCUT2D eigenvalue weighted by atomic mass is 19.1. The Morgan fingerprint density at radius 1 is 0.394 bits per heavy atom. The first-order valence-electron chi connectivity index (χ1n) is 26.7. The average molecular weight is 965 g/mol. The minimum absolute atomic E-state index is 0.107. The van der Waals surface area contributed by atoms with E-state index in [0.29, 0.717) is 40.0 Å². The van der Waals surface area contributed by atoms with E-state index in [1.165, 1.54) is 76.2 Å². The fraction of sp³-hybridized carbons (Fsp3) is 0.406. The molecule has 0 atom stereocenters. The molecule has 0 fully saturated rings. The van der Waals surface area contributed by atoms with Crippen LogP contribution >= 0.6 is 0 Å². The van der Waals surface area contributed by atoms with Gasteiger partial charge in [-0.2, -0.15) is 0 Å². The fourth-order valence-corrected chi connectivity index (χ4v) is 9.28. The second-order valence-corrected chi connectivity index (χ2v) is 19.0. The lowest BCUT2D eigenvalue weighted by Gasteiger charge is -2.14. The fourth-order valence-electron chi connectivity index (χ4n) is 9.28. The molecule has 71 heavy (non-hydrogen) atoms. The predicted molar refractivity (Wildman–Crippen MR) is 291 cm³/mol. The lowest BCUT2D eigenvalue weighted by Crippen LogP contribution is -2.04. The van der Waals surface area contributed by atoms with Crippen molar-refractivity contribution in [1.82, 2.24) is 0 Å². The van der Waals surface area contributed by atoms with E-state index < -0.39 is 11.9 Å². The van der Waals surface area contributed by atoms with Gasteiger partial charge in [-0.1, -0.05) is 215 Å². The first-order chi connectivity index (χ1) is 34.6. The van der Waals surface area contributed by atoms with Crippen molar-refractivity contribution in [2.75, 3.05) is 6.61 Å². The number of carbonyl (C=O) groups is 2. The molecule has 378 valence electrons. The van der Waals surface area contributed by atoms with Crippen LogP contribution in [0.5, 0.6) is 5.75 Å². The van der Waals surface area contributed by atoms with Crippen LogP contribution in [-0.2, 0) is 19.3 Å². The highest BCUT2D eigenvalue weighted by Gasteiger charge is 2.22. The molecule has 7 heteroatoms. The maximum atomic E-state index is 15.1. The third-order valence-electron chi connectivity index (χ3n) is 13.4. The number of ether oxygens (including phenoxy) is 1. The molecule has 5 nitrogen and oxygen atoms in total. The number of halogens is 2. The smallest absolute Gasteiger partial charge is 0.336 e. The molecule has 0 unspecified atom stereocenters. The second kappa shape index (κ2) is 30.6. The van der Waals surface area contributed by atoms with Crippen LogP contribution in [0.2, 0.25) is 0 Å². The molecule has 0 amide bonds. The molecule has 0 aromatic heterocycles. The van der Waals surface area contributed by atoms with Crippen molar-refractivity contribution < 1.29 is 33.3 Å². The minimum atomic E-state index is -1.07. The summed E-state index contributed by atoms with van der Waals surface area (Å²) in [6.07, 6.45) is 24.0. The van der Waals surface area contributed by atoms with Crippen LogP contribution in [0, 0.1) is 11.6 Å². The Balaban J connectivity index is 0.000000264. The number of aromatic carboxylic acids is 2. The first kappa shape index (κ1) is 55.8. The van der Waals surface area contributed by atoms with Crippen molar-refractivity contribution >= 4 is 11.9 Å². The van der Waals surface area contributed by atoms with Gasteiger partial charge in [-0.25, -0.2) is 18.4 Å². The number of rotatable bonds is 29. The van der Waals surface area contributed by atoms with E-state index in [-0.39, 0.29) is 22.8 Å². The monoisotopic (exact) mass is 965 g/mol. The standard InChI is InChI=1S/C32H39FO3.C32H39FO2/c1-3-5-7-8-9-11-22-36-26-19-17-25(18-20-26)27-14-12-15-29(31(27)32(34)35)28-21-16-24(23-30(28)33)13-10-6-4-2;1-3-5-7-8-9-11-13-24-17-20-26(21-18-24)27-15-12-16-29(31(27)32(34)35)28-22-19-25(23-30(28)33)14-10-6-4-2/h12,14-21,23H,3-11,13,22H2,1-2H3,(H,34,35);12,15-23H,3-11,13-14H2,1-2H3,(H,34,35). The van der Waals surface area contributed by atoms with Gasteiger partial charge in [0.1, 0.15) is 17.4 Å².